The molecule has 0 radical (unpaired) electrons. The van der Waals surface area contributed by atoms with E-state index < -0.39 is 5.69 Å². The van der Waals surface area contributed by atoms with Gasteiger partial charge in [-0.15, -0.1) is 18.3 Å². The van der Waals surface area contributed by atoms with Crippen LogP contribution in [-0.4, -0.2) is 32.3 Å². The molecule has 2 heterocycles. The van der Waals surface area contributed by atoms with E-state index in [1.54, 1.807) is 19.3 Å². The SMILES string of the molecule is C=CCNC(=O)CSc1c(CCCC)cnc2c1c(=O)n(C)c(=O)n2C. The van der Waals surface area contributed by atoms with Gasteiger partial charge in [0.25, 0.3) is 5.56 Å². The van der Waals surface area contributed by atoms with Crippen LogP contribution in [0.15, 0.2) is 33.3 Å². The molecule has 2 aromatic rings. The van der Waals surface area contributed by atoms with Crippen LogP contribution in [0.5, 0.6) is 0 Å². The van der Waals surface area contributed by atoms with Gasteiger partial charge in [-0.25, -0.2) is 9.78 Å². The average molecular weight is 376 g/mol. The Labute approximate surface area is 156 Å². The molecular formula is C18H24N4O3S. The van der Waals surface area contributed by atoms with Crippen LogP contribution in [0.2, 0.25) is 0 Å². The van der Waals surface area contributed by atoms with Gasteiger partial charge < -0.3 is 5.32 Å². The van der Waals surface area contributed by atoms with E-state index in [9.17, 15) is 14.4 Å². The van der Waals surface area contributed by atoms with Gasteiger partial charge in [0.2, 0.25) is 5.91 Å². The largest absolute Gasteiger partial charge is 0.352 e. The zero-order valence-electron chi connectivity index (χ0n) is 15.4. The molecular weight excluding hydrogens is 352 g/mol. The average Bonchev–Trinajstić information content (AvgIpc) is 2.65. The summed E-state index contributed by atoms with van der Waals surface area (Å²) < 4.78 is 2.44. The van der Waals surface area contributed by atoms with Crippen LogP contribution in [-0.2, 0) is 25.3 Å². The van der Waals surface area contributed by atoms with E-state index in [2.05, 4.69) is 23.8 Å². The second kappa shape index (κ2) is 8.84. The summed E-state index contributed by atoms with van der Waals surface area (Å²) in [6, 6.07) is 0. The standard InChI is InChI=1S/C18H24N4O3S/c1-5-7-8-12-10-20-16-14(17(24)22(4)18(25)21(16)3)15(12)26-11-13(23)19-9-6-2/h6,10H,2,5,7-9,11H2,1,3-4H3,(H,19,23). The highest BCUT2D eigenvalue weighted by Gasteiger charge is 2.18. The lowest BCUT2D eigenvalue weighted by Gasteiger charge is -2.14. The molecule has 8 heteroatoms. The van der Waals surface area contributed by atoms with Gasteiger partial charge in [-0.2, -0.15) is 0 Å². The highest BCUT2D eigenvalue weighted by atomic mass is 32.2. The molecule has 0 aliphatic rings. The molecule has 0 fully saturated rings. The summed E-state index contributed by atoms with van der Waals surface area (Å²) in [6.07, 6.45) is 6.05. The minimum absolute atomic E-state index is 0.136. The third-order valence-electron chi connectivity index (χ3n) is 4.09. The van der Waals surface area contributed by atoms with E-state index in [1.165, 1.54) is 23.4 Å². The highest BCUT2D eigenvalue weighted by Crippen LogP contribution is 2.29. The summed E-state index contributed by atoms with van der Waals surface area (Å²) in [4.78, 5) is 42.0. The number of nitrogens with one attached hydrogen (secondary N) is 1. The topological polar surface area (TPSA) is 86.0 Å². The first kappa shape index (κ1) is 20.0. The lowest BCUT2D eigenvalue weighted by atomic mass is 10.1. The zero-order chi connectivity index (χ0) is 19.3. The lowest BCUT2D eigenvalue weighted by molar-refractivity contribution is -0.118. The number of nitrogens with zero attached hydrogens (tertiary/aromatic N) is 3. The molecule has 0 aliphatic carbocycles. The maximum absolute atomic E-state index is 12.7. The minimum Gasteiger partial charge on any atom is -0.352 e. The smallest absolute Gasteiger partial charge is 0.332 e. The second-order valence-electron chi connectivity index (χ2n) is 6.00. The van der Waals surface area contributed by atoms with Crippen LogP contribution in [0.4, 0.5) is 0 Å². The van der Waals surface area contributed by atoms with E-state index in [0.717, 1.165) is 34.3 Å². The molecule has 0 spiro atoms. The Morgan fingerprint density at radius 2 is 2.08 bits per heavy atom. The number of aromatic nitrogens is 3. The van der Waals surface area contributed by atoms with Crippen molar-refractivity contribution >= 4 is 28.7 Å². The van der Waals surface area contributed by atoms with Crippen molar-refractivity contribution in [3.8, 4) is 0 Å². The zero-order valence-corrected chi connectivity index (χ0v) is 16.2. The fourth-order valence-electron chi connectivity index (χ4n) is 2.63. The Balaban J connectivity index is 2.58. The van der Waals surface area contributed by atoms with Gasteiger partial charge in [-0.1, -0.05) is 19.4 Å². The Morgan fingerprint density at radius 3 is 2.73 bits per heavy atom. The van der Waals surface area contributed by atoms with Crippen molar-refractivity contribution in [3.05, 3.63) is 45.3 Å². The minimum atomic E-state index is -0.420. The molecule has 0 aliphatic heterocycles. The molecule has 1 N–H and O–H groups in total. The monoisotopic (exact) mass is 376 g/mol. The van der Waals surface area contributed by atoms with Gasteiger partial charge in [-0.3, -0.25) is 18.7 Å². The Bertz CT molecular complexity index is 946. The Hall–Kier alpha value is -2.35. The van der Waals surface area contributed by atoms with E-state index in [0.29, 0.717) is 17.6 Å². The van der Waals surface area contributed by atoms with Crippen LogP contribution in [0, 0.1) is 0 Å². The number of amides is 1. The van der Waals surface area contributed by atoms with E-state index in [4.69, 9.17) is 0 Å². The third-order valence-corrected chi connectivity index (χ3v) is 5.25. The lowest BCUT2D eigenvalue weighted by Crippen LogP contribution is -2.37. The fourth-order valence-corrected chi connectivity index (χ4v) is 3.67. The Morgan fingerprint density at radius 1 is 1.35 bits per heavy atom. The Kier molecular flexibility index (Phi) is 6.79. The predicted octanol–water partition coefficient (Wildman–Crippen LogP) is 1.37. The summed E-state index contributed by atoms with van der Waals surface area (Å²) in [5.41, 5.74) is 0.461. The van der Waals surface area contributed by atoms with Gasteiger partial charge in [0.05, 0.1) is 11.1 Å². The van der Waals surface area contributed by atoms with E-state index in [-0.39, 0.29) is 17.2 Å². The number of thioether (sulfide) groups is 1. The molecule has 0 saturated carbocycles. The molecule has 0 unspecified atom stereocenters. The van der Waals surface area contributed by atoms with Crippen molar-refractivity contribution in [1.82, 2.24) is 19.4 Å². The number of aryl methyl sites for hydroxylation is 2. The maximum atomic E-state index is 12.7. The van der Waals surface area contributed by atoms with Gasteiger partial charge in [0, 0.05) is 31.7 Å². The first-order valence-corrected chi connectivity index (χ1v) is 9.48. The van der Waals surface area contributed by atoms with Crippen LogP contribution < -0.4 is 16.6 Å². The number of pyridine rings is 1. The summed E-state index contributed by atoms with van der Waals surface area (Å²) in [6.45, 7) is 6.06. The van der Waals surface area contributed by atoms with Crippen molar-refractivity contribution in [2.24, 2.45) is 14.1 Å². The summed E-state index contributed by atoms with van der Waals surface area (Å²) in [5, 5.41) is 3.12. The van der Waals surface area contributed by atoms with Crippen molar-refractivity contribution in [1.29, 1.82) is 0 Å². The molecule has 0 bridgehead atoms. The normalized spacial score (nSPS) is 10.9. The molecule has 2 aromatic heterocycles. The molecule has 0 aromatic carbocycles. The van der Waals surface area contributed by atoms with Crippen LogP contribution >= 0.6 is 11.8 Å². The number of hydrogen-bond donors (Lipinski definition) is 1. The molecule has 0 saturated heterocycles. The number of rotatable bonds is 8. The van der Waals surface area contributed by atoms with Crippen molar-refractivity contribution in [3.63, 3.8) is 0 Å². The predicted molar refractivity (Wildman–Crippen MR) is 105 cm³/mol. The number of carbonyl (C=O) groups excluding carboxylic acids is 1. The quantitative estimate of drug-likeness (QED) is 0.555. The van der Waals surface area contributed by atoms with Gasteiger partial charge >= 0.3 is 5.69 Å². The number of carbonyl (C=O) groups is 1. The van der Waals surface area contributed by atoms with E-state index in [1.807, 2.05) is 0 Å². The summed E-state index contributed by atoms with van der Waals surface area (Å²) in [5.74, 6) is 0.0425. The fraction of sp³-hybridized carbons (Fsp3) is 0.444. The molecule has 2 rings (SSSR count). The van der Waals surface area contributed by atoms with Crippen molar-refractivity contribution in [2.75, 3.05) is 12.3 Å². The van der Waals surface area contributed by atoms with Crippen LogP contribution in [0.1, 0.15) is 25.3 Å². The molecule has 140 valence electrons. The maximum Gasteiger partial charge on any atom is 0.332 e. The van der Waals surface area contributed by atoms with Gasteiger partial charge in [-0.05, 0) is 18.4 Å². The van der Waals surface area contributed by atoms with Gasteiger partial charge in [0.1, 0.15) is 5.65 Å². The first-order chi connectivity index (χ1) is 12.4. The molecule has 26 heavy (non-hydrogen) atoms. The van der Waals surface area contributed by atoms with Crippen LogP contribution in [0.25, 0.3) is 11.0 Å². The number of fused-ring (bicyclic) bond motifs is 1. The number of unbranched alkanes of at least 4 members (excludes halogenated alkanes) is 1. The van der Waals surface area contributed by atoms with Crippen molar-refractivity contribution in [2.45, 2.75) is 31.1 Å². The molecule has 7 nitrogen and oxygen atoms in total. The second-order valence-corrected chi connectivity index (χ2v) is 6.99. The van der Waals surface area contributed by atoms with Crippen molar-refractivity contribution < 1.29 is 4.79 Å². The van der Waals surface area contributed by atoms with Crippen LogP contribution in [0.3, 0.4) is 0 Å². The molecule has 1 amide bonds. The number of hydrogen-bond acceptors (Lipinski definition) is 5. The summed E-state index contributed by atoms with van der Waals surface area (Å²) in [7, 11) is 3.04. The molecule has 0 atom stereocenters. The first-order valence-electron chi connectivity index (χ1n) is 8.50. The van der Waals surface area contributed by atoms with E-state index >= 15 is 0 Å². The summed E-state index contributed by atoms with van der Waals surface area (Å²) >= 11 is 1.31. The van der Waals surface area contributed by atoms with Gasteiger partial charge in [0.15, 0.2) is 0 Å². The highest BCUT2D eigenvalue weighted by molar-refractivity contribution is 8.00. The third kappa shape index (κ3) is 4.07.